The van der Waals surface area contributed by atoms with Crippen LogP contribution in [-0.4, -0.2) is 41.8 Å². The maximum Gasteiger partial charge on any atom is 0.317 e. The number of hydrogen-bond donors (Lipinski definition) is 2. The van der Waals surface area contributed by atoms with Crippen molar-refractivity contribution in [2.45, 2.75) is 46.6 Å². The molecule has 1 atom stereocenters. The highest BCUT2D eigenvalue weighted by molar-refractivity contribution is 5.74. The van der Waals surface area contributed by atoms with Gasteiger partial charge in [-0.1, -0.05) is 20.8 Å². The van der Waals surface area contributed by atoms with Crippen molar-refractivity contribution in [1.29, 1.82) is 0 Å². The van der Waals surface area contributed by atoms with Gasteiger partial charge in [0.15, 0.2) is 0 Å². The zero-order chi connectivity index (χ0) is 12.6. The van der Waals surface area contributed by atoms with Crippen molar-refractivity contribution in [2.24, 2.45) is 5.92 Å². The molecule has 16 heavy (non-hydrogen) atoms. The highest BCUT2D eigenvalue weighted by atomic mass is 16.3. The number of hydrogen-bond acceptors (Lipinski definition) is 2. The Bertz CT molecular complexity index is 189. The Hall–Kier alpha value is -0.770. The highest BCUT2D eigenvalue weighted by Crippen LogP contribution is 2.04. The molecule has 1 unspecified atom stereocenters. The van der Waals surface area contributed by atoms with Crippen LogP contribution >= 0.6 is 0 Å². The third kappa shape index (κ3) is 6.67. The molecule has 4 heteroatoms. The zero-order valence-electron chi connectivity index (χ0n) is 11.0. The zero-order valence-corrected chi connectivity index (χ0v) is 11.0. The summed E-state index contributed by atoms with van der Waals surface area (Å²) in [6.07, 6.45) is 1.89. The molecule has 0 spiro atoms. The number of nitrogens with one attached hydrogen (secondary N) is 1. The van der Waals surface area contributed by atoms with Crippen LogP contribution in [-0.2, 0) is 0 Å². The van der Waals surface area contributed by atoms with Gasteiger partial charge in [-0.15, -0.1) is 0 Å². The second-order valence-corrected chi connectivity index (χ2v) is 4.69. The molecular weight excluding hydrogens is 204 g/mol. The predicted octanol–water partition coefficient (Wildman–Crippen LogP) is 1.83. The number of carbonyl (C=O) groups is 1. The largest absolute Gasteiger partial charge is 0.395 e. The second kappa shape index (κ2) is 8.39. The molecule has 0 aromatic rings. The lowest BCUT2D eigenvalue weighted by atomic mass is 10.1. The molecule has 0 aliphatic rings. The molecule has 0 aliphatic heterocycles. The molecule has 0 aromatic carbocycles. The minimum atomic E-state index is -0.0657. The summed E-state index contributed by atoms with van der Waals surface area (Å²) < 4.78 is 0. The van der Waals surface area contributed by atoms with Crippen LogP contribution in [0.3, 0.4) is 0 Å². The summed E-state index contributed by atoms with van der Waals surface area (Å²) in [7, 11) is 0. The van der Waals surface area contributed by atoms with Gasteiger partial charge in [-0.3, -0.25) is 0 Å². The monoisotopic (exact) mass is 230 g/mol. The third-order valence-corrected chi connectivity index (χ3v) is 2.35. The van der Waals surface area contributed by atoms with Crippen LogP contribution < -0.4 is 5.32 Å². The molecule has 2 amide bonds. The van der Waals surface area contributed by atoms with Crippen LogP contribution in [0.4, 0.5) is 4.79 Å². The molecule has 0 aromatic heterocycles. The van der Waals surface area contributed by atoms with Crippen molar-refractivity contribution in [3.63, 3.8) is 0 Å². The van der Waals surface area contributed by atoms with Crippen LogP contribution in [0, 0.1) is 5.92 Å². The van der Waals surface area contributed by atoms with E-state index in [4.69, 9.17) is 5.11 Å². The molecule has 4 nitrogen and oxygen atoms in total. The lowest BCUT2D eigenvalue weighted by Gasteiger charge is -2.24. The first-order chi connectivity index (χ1) is 7.51. The second-order valence-electron chi connectivity index (χ2n) is 4.69. The number of amides is 2. The van der Waals surface area contributed by atoms with Gasteiger partial charge in [0, 0.05) is 19.1 Å². The van der Waals surface area contributed by atoms with E-state index in [1.807, 2.05) is 13.8 Å². The van der Waals surface area contributed by atoms with Crippen LogP contribution in [0.2, 0.25) is 0 Å². The molecule has 2 N–H and O–H groups in total. The number of carbonyl (C=O) groups excluding carboxylic acids is 1. The van der Waals surface area contributed by atoms with E-state index in [1.165, 1.54) is 0 Å². The van der Waals surface area contributed by atoms with Gasteiger partial charge < -0.3 is 15.3 Å². The maximum absolute atomic E-state index is 11.8. The fraction of sp³-hybridized carbons (Fsp3) is 0.917. The minimum absolute atomic E-state index is 0.0198. The van der Waals surface area contributed by atoms with Crippen LogP contribution in [0.25, 0.3) is 0 Å². The molecular formula is C12H26N2O2. The van der Waals surface area contributed by atoms with Crippen LogP contribution in [0.1, 0.15) is 40.5 Å². The van der Waals surface area contributed by atoms with Gasteiger partial charge in [-0.2, -0.15) is 0 Å². The van der Waals surface area contributed by atoms with Crippen LogP contribution in [0.15, 0.2) is 0 Å². The standard InChI is InChI=1S/C12H26N2O2/c1-5-6-14(7-8-15)12(16)13-11(4)9-10(2)3/h10-11,15H,5-9H2,1-4H3,(H,13,16). The summed E-state index contributed by atoms with van der Waals surface area (Å²) in [5, 5.41) is 11.8. The van der Waals surface area contributed by atoms with Gasteiger partial charge in [-0.05, 0) is 25.7 Å². The Labute approximate surface area is 99.0 Å². The number of aliphatic hydroxyl groups is 1. The van der Waals surface area contributed by atoms with E-state index in [-0.39, 0.29) is 18.7 Å². The topological polar surface area (TPSA) is 52.6 Å². The number of aliphatic hydroxyl groups excluding tert-OH is 1. The Morgan fingerprint density at radius 2 is 1.94 bits per heavy atom. The van der Waals surface area contributed by atoms with E-state index in [1.54, 1.807) is 4.90 Å². The van der Waals surface area contributed by atoms with E-state index in [0.29, 0.717) is 19.0 Å². The van der Waals surface area contributed by atoms with Gasteiger partial charge >= 0.3 is 6.03 Å². The van der Waals surface area contributed by atoms with E-state index in [0.717, 1.165) is 12.8 Å². The summed E-state index contributed by atoms with van der Waals surface area (Å²) in [5.41, 5.74) is 0. The van der Waals surface area contributed by atoms with E-state index >= 15 is 0 Å². The molecule has 0 saturated carbocycles. The Balaban J connectivity index is 4.07. The van der Waals surface area contributed by atoms with Gasteiger partial charge in [0.05, 0.1) is 6.61 Å². The van der Waals surface area contributed by atoms with Crippen molar-refractivity contribution in [1.82, 2.24) is 10.2 Å². The summed E-state index contributed by atoms with van der Waals surface area (Å²) in [6.45, 7) is 9.44. The van der Waals surface area contributed by atoms with Gasteiger partial charge in [0.25, 0.3) is 0 Å². The molecule has 0 radical (unpaired) electrons. The first kappa shape index (κ1) is 15.2. The molecule has 0 saturated heterocycles. The van der Waals surface area contributed by atoms with Gasteiger partial charge in [0.2, 0.25) is 0 Å². The van der Waals surface area contributed by atoms with Crippen molar-refractivity contribution >= 4 is 6.03 Å². The Morgan fingerprint density at radius 3 is 2.38 bits per heavy atom. The third-order valence-electron chi connectivity index (χ3n) is 2.35. The lowest BCUT2D eigenvalue weighted by molar-refractivity contribution is 0.173. The fourth-order valence-corrected chi connectivity index (χ4v) is 1.77. The maximum atomic E-state index is 11.8. The average Bonchev–Trinajstić information content (AvgIpc) is 2.15. The summed E-state index contributed by atoms with van der Waals surface area (Å²) in [4.78, 5) is 13.5. The summed E-state index contributed by atoms with van der Waals surface area (Å²) in [6, 6.07) is 0.120. The number of nitrogens with zero attached hydrogens (tertiary/aromatic N) is 1. The van der Waals surface area contributed by atoms with Crippen molar-refractivity contribution in [3.8, 4) is 0 Å². The van der Waals surface area contributed by atoms with Crippen molar-refractivity contribution < 1.29 is 9.90 Å². The SMILES string of the molecule is CCCN(CCO)C(=O)NC(C)CC(C)C. The number of urea groups is 1. The minimum Gasteiger partial charge on any atom is -0.395 e. The van der Waals surface area contributed by atoms with E-state index in [2.05, 4.69) is 19.2 Å². The average molecular weight is 230 g/mol. The molecule has 0 fully saturated rings. The molecule has 96 valence electrons. The summed E-state index contributed by atoms with van der Waals surface area (Å²) >= 11 is 0. The molecule has 0 heterocycles. The fourth-order valence-electron chi connectivity index (χ4n) is 1.77. The highest BCUT2D eigenvalue weighted by Gasteiger charge is 2.14. The first-order valence-electron chi connectivity index (χ1n) is 6.17. The molecule has 0 bridgehead atoms. The van der Waals surface area contributed by atoms with E-state index in [9.17, 15) is 4.79 Å². The summed E-state index contributed by atoms with van der Waals surface area (Å²) in [5.74, 6) is 0.577. The quantitative estimate of drug-likeness (QED) is 0.701. The Kier molecular flexibility index (Phi) is 7.99. The predicted molar refractivity (Wildman–Crippen MR) is 66.4 cm³/mol. The van der Waals surface area contributed by atoms with E-state index < -0.39 is 0 Å². The van der Waals surface area contributed by atoms with Crippen LogP contribution in [0.5, 0.6) is 0 Å². The normalized spacial score (nSPS) is 12.6. The number of rotatable bonds is 7. The Morgan fingerprint density at radius 1 is 1.31 bits per heavy atom. The van der Waals surface area contributed by atoms with Crippen molar-refractivity contribution in [3.05, 3.63) is 0 Å². The van der Waals surface area contributed by atoms with Gasteiger partial charge in [0.1, 0.15) is 0 Å². The first-order valence-corrected chi connectivity index (χ1v) is 6.17. The molecule has 0 aliphatic carbocycles. The van der Waals surface area contributed by atoms with Crippen molar-refractivity contribution in [2.75, 3.05) is 19.7 Å². The smallest absolute Gasteiger partial charge is 0.317 e. The molecule has 0 rings (SSSR count). The van der Waals surface area contributed by atoms with Gasteiger partial charge in [-0.25, -0.2) is 4.79 Å². The lowest BCUT2D eigenvalue weighted by Crippen LogP contribution is -2.45.